The summed E-state index contributed by atoms with van der Waals surface area (Å²) >= 11 is 3.99. The molecule has 0 saturated heterocycles. The molecule has 0 amide bonds. The lowest BCUT2D eigenvalue weighted by molar-refractivity contribution is 0.590. The highest BCUT2D eigenvalue weighted by Crippen LogP contribution is 2.41. The van der Waals surface area contributed by atoms with Gasteiger partial charge in [-0.2, -0.15) is 0 Å². The van der Waals surface area contributed by atoms with Crippen molar-refractivity contribution < 1.29 is 0 Å². The molecular weight excluding hydrogens is 292 g/mol. The average molecular weight is 315 g/mol. The fourth-order valence-electron chi connectivity index (χ4n) is 2.62. The molecule has 0 bridgehead atoms. The first-order chi connectivity index (χ1) is 10.0. The van der Waals surface area contributed by atoms with Crippen molar-refractivity contribution in [2.45, 2.75) is 41.9 Å². The molecule has 0 fully saturated rings. The van der Waals surface area contributed by atoms with Crippen LogP contribution in [0.1, 0.15) is 37.8 Å². The maximum Gasteiger partial charge on any atom is 0.0108 e. The minimum atomic E-state index is 0.240. The van der Waals surface area contributed by atoms with Gasteiger partial charge in [0, 0.05) is 27.2 Å². The maximum atomic E-state index is 2.29. The lowest BCUT2D eigenvalue weighted by Gasteiger charge is -2.19. The third kappa shape index (κ3) is 3.49. The van der Waals surface area contributed by atoms with Gasteiger partial charge in [0.15, 0.2) is 0 Å². The van der Waals surface area contributed by atoms with E-state index in [9.17, 15) is 0 Å². The van der Waals surface area contributed by atoms with Crippen molar-refractivity contribution in [3.05, 3.63) is 59.7 Å². The molecule has 2 aromatic carbocycles. The molecule has 1 heterocycles. The second kappa shape index (κ2) is 6.10. The molecule has 0 aromatic heterocycles. The van der Waals surface area contributed by atoms with Crippen LogP contribution >= 0.6 is 23.5 Å². The monoisotopic (exact) mass is 314 g/mol. The van der Waals surface area contributed by atoms with Gasteiger partial charge in [-0.15, -0.1) is 23.5 Å². The fourth-order valence-corrected chi connectivity index (χ4v) is 5.04. The summed E-state index contributed by atoms with van der Waals surface area (Å²) in [5.74, 6) is 3.10. The van der Waals surface area contributed by atoms with Crippen LogP contribution in [-0.2, 0) is 5.41 Å². The molecule has 0 aliphatic carbocycles. The SMILES string of the molecule is CC(C)(C)c1ccc(SCC2CSc3ccccc32)cc1. The van der Waals surface area contributed by atoms with Crippen molar-refractivity contribution in [3.8, 4) is 0 Å². The van der Waals surface area contributed by atoms with Crippen molar-refractivity contribution in [3.63, 3.8) is 0 Å². The van der Waals surface area contributed by atoms with Crippen LogP contribution in [0, 0.1) is 0 Å². The Labute approximate surface area is 136 Å². The van der Waals surface area contributed by atoms with Crippen molar-refractivity contribution in [1.29, 1.82) is 0 Å². The van der Waals surface area contributed by atoms with Gasteiger partial charge < -0.3 is 0 Å². The first-order valence-corrected chi connectivity index (χ1v) is 9.46. The van der Waals surface area contributed by atoms with E-state index in [-0.39, 0.29) is 5.41 Å². The highest BCUT2D eigenvalue weighted by Gasteiger charge is 2.22. The Hall–Kier alpha value is -0.860. The van der Waals surface area contributed by atoms with Gasteiger partial charge in [0.05, 0.1) is 0 Å². The Balaban J connectivity index is 1.64. The predicted octanol–water partition coefficient (Wildman–Crippen LogP) is 5.97. The maximum absolute atomic E-state index is 2.29. The standard InChI is InChI=1S/C19H22S2/c1-19(2,3)15-8-10-16(11-9-15)20-12-14-13-21-18-7-5-4-6-17(14)18/h4-11,14H,12-13H2,1-3H3. The van der Waals surface area contributed by atoms with Crippen LogP contribution in [-0.4, -0.2) is 11.5 Å². The molecule has 2 heteroatoms. The highest BCUT2D eigenvalue weighted by atomic mass is 32.2. The van der Waals surface area contributed by atoms with Gasteiger partial charge in [0.25, 0.3) is 0 Å². The Morgan fingerprint density at radius 1 is 1.05 bits per heavy atom. The summed E-state index contributed by atoms with van der Waals surface area (Å²) in [6.07, 6.45) is 0. The smallest absolute Gasteiger partial charge is 0.0108 e. The molecule has 1 aliphatic rings. The minimum Gasteiger partial charge on any atom is -0.126 e. The zero-order valence-corrected chi connectivity index (χ0v) is 14.6. The first-order valence-electron chi connectivity index (χ1n) is 7.49. The fraction of sp³-hybridized carbons (Fsp3) is 0.368. The molecule has 0 N–H and O–H groups in total. The van der Waals surface area contributed by atoms with Crippen molar-refractivity contribution in [2.75, 3.05) is 11.5 Å². The Morgan fingerprint density at radius 2 is 1.76 bits per heavy atom. The molecule has 2 aromatic rings. The van der Waals surface area contributed by atoms with E-state index in [1.165, 1.54) is 26.9 Å². The number of thioether (sulfide) groups is 2. The van der Waals surface area contributed by atoms with Crippen molar-refractivity contribution >= 4 is 23.5 Å². The van der Waals surface area contributed by atoms with E-state index >= 15 is 0 Å². The predicted molar refractivity (Wildman–Crippen MR) is 95.8 cm³/mol. The number of fused-ring (bicyclic) bond motifs is 1. The molecule has 1 aliphatic heterocycles. The van der Waals surface area contributed by atoms with Gasteiger partial charge >= 0.3 is 0 Å². The van der Waals surface area contributed by atoms with Gasteiger partial charge in [-0.3, -0.25) is 0 Å². The Bertz CT molecular complexity index is 608. The third-order valence-electron chi connectivity index (χ3n) is 3.97. The zero-order valence-electron chi connectivity index (χ0n) is 12.9. The lowest BCUT2D eigenvalue weighted by Crippen LogP contribution is -2.10. The van der Waals surface area contributed by atoms with E-state index in [1.807, 2.05) is 23.5 Å². The van der Waals surface area contributed by atoms with Crippen molar-refractivity contribution in [1.82, 2.24) is 0 Å². The molecule has 1 atom stereocenters. The Kier molecular flexibility index (Phi) is 4.37. The summed E-state index contributed by atoms with van der Waals surface area (Å²) in [4.78, 5) is 2.86. The summed E-state index contributed by atoms with van der Waals surface area (Å²) in [6, 6.07) is 18.0. The van der Waals surface area contributed by atoms with Crippen LogP contribution in [0.15, 0.2) is 58.3 Å². The summed E-state index contributed by atoms with van der Waals surface area (Å²) in [5, 5.41) is 0. The number of hydrogen-bond acceptors (Lipinski definition) is 2. The van der Waals surface area contributed by atoms with Crippen LogP contribution < -0.4 is 0 Å². The molecular formula is C19H22S2. The van der Waals surface area contributed by atoms with Crippen LogP contribution in [0.4, 0.5) is 0 Å². The van der Waals surface area contributed by atoms with Gasteiger partial charge in [-0.05, 0) is 34.7 Å². The van der Waals surface area contributed by atoms with Gasteiger partial charge in [0.1, 0.15) is 0 Å². The molecule has 21 heavy (non-hydrogen) atoms. The molecule has 0 radical (unpaired) electrons. The molecule has 3 rings (SSSR count). The second-order valence-electron chi connectivity index (χ2n) is 6.63. The number of rotatable bonds is 3. The van der Waals surface area contributed by atoms with E-state index in [1.54, 1.807) is 5.56 Å². The zero-order chi connectivity index (χ0) is 14.9. The summed E-state index contributed by atoms with van der Waals surface area (Å²) < 4.78 is 0. The van der Waals surface area contributed by atoms with Crippen LogP contribution in [0.2, 0.25) is 0 Å². The van der Waals surface area contributed by atoms with Crippen LogP contribution in [0.5, 0.6) is 0 Å². The van der Waals surface area contributed by atoms with Crippen LogP contribution in [0.25, 0.3) is 0 Å². The van der Waals surface area contributed by atoms with E-state index in [0.717, 1.165) is 0 Å². The second-order valence-corrected chi connectivity index (χ2v) is 8.79. The molecule has 110 valence electrons. The van der Waals surface area contributed by atoms with E-state index in [4.69, 9.17) is 0 Å². The summed E-state index contributed by atoms with van der Waals surface area (Å²) in [7, 11) is 0. The Morgan fingerprint density at radius 3 is 2.48 bits per heavy atom. The van der Waals surface area contributed by atoms with Gasteiger partial charge in [-0.1, -0.05) is 51.1 Å². The van der Waals surface area contributed by atoms with Gasteiger partial charge in [0.2, 0.25) is 0 Å². The molecule has 0 nitrogen and oxygen atoms in total. The lowest BCUT2D eigenvalue weighted by atomic mass is 9.87. The summed E-state index contributed by atoms with van der Waals surface area (Å²) in [6.45, 7) is 6.80. The number of hydrogen-bond donors (Lipinski definition) is 0. The quantitative estimate of drug-likeness (QED) is 0.640. The third-order valence-corrected chi connectivity index (χ3v) is 6.40. The van der Waals surface area contributed by atoms with Crippen LogP contribution in [0.3, 0.4) is 0 Å². The minimum absolute atomic E-state index is 0.240. The highest BCUT2D eigenvalue weighted by molar-refractivity contribution is 8.00. The first kappa shape index (κ1) is 15.1. The summed E-state index contributed by atoms with van der Waals surface area (Å²) in [5.41, 5.74) is 3.19. The number of benzene rings is 2. The van der Waals surface area contributed by atoms with E-state index in [2.05, 4.69) is 69.3 Å². The van der Waals surface area contributed by atoms with Crippen molar-refractivity contribution in [2.24, 2.45) is 0 Å². The molecule has 0 saturated carbocycles. The molecule has 0 spiro atoms. The molecule has 1 unspecified atom stereocenters. The van der Waals surface area contributed by atoms with E-state index < -0.39 is 0 Å². The normalized spacial score (nSPS) is 17.8. The van der Waals surface area contributed by atoms with Gasteiger partial charge in [-0.25, -0.2) is 0 Å². The van der Waals surface area contributed by atoms with E-state index in [0.29, 0.717) is 5.92 Å². The topological polar surface area (TPSA) is 0 Å². The largest absolute Gasteiger partial charge is 0.126 e. The average Bonchev–Trinajstić information content (AvgIpc) is 2.88.